The molecule has 2 N–H and O–H groups in total. The van der Waals surface area contributed by atoms with Crippen LogP contribution in [0.5, 0.6) is 0 Å². The van der Waals surface area contributed by atoms with Gasteiger partial charge in [-0.05, 0) is 37.0 Å². The van der Waals surface area contributed by atoms with Crippen LogP contribution in [0.3, 0.4) is 0 Å². The predicted molar refractivity (Wildman–Crippen MR) is 77.8 cm³/mol. The SMILES string of the molecule is O=C(O)C1CCCC1CNS(=O)(=O)c1cccc(Br)c1. The summed E-state index contributed by atoms with van der Waals surface area (Å²) in [6, 6.07) is 6.42. The second-order valence-electron chi connectivity index (χ2n) is 4.94. The zero-order valence-corrected chi connectivity index (χ0v) is 13.2. The molecule has 110 valence electrons. The quantitative estimate of drug-likeness (QED) is 0.842. The van der Waals surface area contributed by atoms with Crippen molar-refractivity contribution in [1.82, 2.24) is 4.72 Å². The lowest BCUT2D eigenvalue weighted by molar-refractivity contribution is -0.142. The van der Waals surface area contributed by atoms with Gasteiger partial charge in [-0.3, -0.25) is 4.79 Å². The van der Waals surface area contributed by atoms with Crippen LogP contribution in [0.15, 0.2) is 33.6 Å². The monoisotopic (exact) mass is 361 g/mol. The predicted octanol–water partition coefficient (Wildman–Crippen LogP) is 2.23. The molecule has 0 aromatic heterocycles. The molecule has 0 amide bonds. The summed E-state index contributed by atoms with van der Waals surface area (Å²) < 4.78 is 27.5. The van der Waals surface area contributed by atoms with E-state index in [4.69, 9.17) is 5.11 Å². The van der Waals surface area contributed by atoms with E-state index < -0.39 is 21.9 Å². The minimum absolute atomic E-state index is 0.130. The molecule has 1 saturated carbocycles. The first-order valence-corrected chi connectivity index (χ1v) is 8.66. The van der Waals surface area contributed by atoms with Crippen LogP contribution in [0, 0.1) is 11.8 Å². The van der Waals surface area contributed by atoms with E-state index in [1.54, 1.807) is 12.1 Å². The lowest BCUT2D eigenvalue weighted by atomic mass is 9.97. The number of hydrogen-bond acceptors (Lipinski definition) is 3. The summed E-state index contributed by atoms with van der Waals surface area (Å²) in [6.45, 7) is 0.172. The smallest absolute Gasteiger partial charge is 0.306 e. The third-order valence-corrected chi connectivity index (χ3v) is 5.53. The maximum absolute atomic E-state index is 12.1. The van der Waals surface area contributed by atoms with Crippen molar-refractivity contribution in [2.24, 2.45) is 11.8 Å². The molecule has 2 rings (SSSR count). The molecule has 7 heteroatoms. The van der Waals surface area contributed by atoms with Crippen LogP contribution in [0.1, 0.15) is 19.3 Å². The second kappa shape index (κ2) is 6.24. The van der Waals surface area contributed by atoms with Gasteiger partial charge in [0.05, 0.1) is 10.8 Å². The first-order chi connectivity index (χ1) is 9.40. The van der Waals surface area contributed by atoms with Gasteiger partial charge in [0.25, 0.3) is 0 Å². The minimum Gasteiger partial charge on any atom is -0.481 e. The van der Waals surface area contributed by atoms with Crippen LogP contribution in [0.4, 0.5) is 0 Å². The number of carboxylic acid groups (broad SMARTS) is 1. The van der Waals surface area contributed by atoms with Crippen LogP contribution in [0.2, 0.25) is 0 Å². The molecule has 1 aliphatic rings. The fourth-order valence-electron chi connectivity index (χ4n) is 2.54. The Morgan fingerprint density at radius 1 is 1.40 bits per heavy atom. The summed E-state index contributed by atoms with van der Waals surface area (Å²) in [5, 5.41) is 9.08. The molecule has 1 aromatic carbocycles. The third kappa shape index (κ3) is 3.59. The third-order valence-electron chi connectivity index (χ3n) is 3.62. The van der Waals surface area contributed by atoms with E-state index in [1.165, 1.54) is 12.1 Å². The fourth-order valence-corrected chi connectivity index (χ4v) is 4.23. The highest BCUT2D eigenvalue weighted by atomic mass is 79.9. The van der Waals surface area contributed by atoms with Gasteiger partial charge in [-0.1, -0.05) is 28.4 Å². The number of nitrogens with one attached hydrogen (secondary N) is 1. The van der Waals surface area contributed by atoms with Crippen molar-refractivity contribution in [3.05, 3.63) is 28.7 Å². The van der Waals surface area contributed by atoms with Gasteiger partial charge in [-0.15, -0.1) is 0 Å². The highest BCUT2D eigenvalue weighted by molar-refractivity contribution is 9.10. The zero-order chi connectivity index (χ0) is 14.8. The molecule has 1 fully saturated rings. The molecule has 0 bridgehead atoms. The number of hydrogen-bond donors (Lipinski definition) is 2. The Morgan fingerprint density at radius 2 is 2.15 bits per heavy atom. The Balaban J connectivity index is 2.04. The van der Waals surface area contributed by atoms with Crippen LogP contribution < -0.4 is 4.72 Å². The molecule has 1 aliphatic carbocycles. The number of carbonyl (C=O) groups is 1. The van der Waals surface area contributed by atoms with Crippen LogP contribution in [-0.4, -0.2) is 26.0 Å². The van der Waals surface area contributed by atoms with E-state index in [9.17, 15) is 13.2 Å². The highest BCUT2D eigenvalue weighted by Crippen LogP contribution is 2.31. The summed E-state index contributed by atoms with van der Waals surface area (Å²) in [4.78, 5) is 11.2. The number of halogens is 1. The molecule has 2 atom stereocenters. The van der Waals surface area contributed by atoms with Crippen molar-refractivity contribution in [2.45, 2.75) is 24.2 Å². The Labute approximate surface area is 126 Å². The van der Waals surface area contributed by atoms with Crippen molar-refractivity contribution in [2.75, 3.05) is 6.54 Å². The Morgan fingerprint density at radius 3 is 2.80 bits per heavy atom. The normalized spacial score (nSPS) is 22.9. The number of aliphatic carboxylic acids is 1. The fraction of sp³-hybridized carbons (Fsp3) is 0.462. The maximum atomic E-state index is 12.1. The largest absolute Gasteiger partial charge is 0.481 e. The van der Waals surface area contributed by atoms with Gasteiger partial charge in [-0.2, -0.15) is 0 Å². The topological polar surface area (TPSA) is 83.5 Å². The van der Waals surface area contributed by atoms with Gasteiger partial charge in [0.2, 0.25) is 10.0 Å². The van der Waals surface area contributed by atoms with Gasteiger partial charge < -0.3 is 5.11 Å². The minimum atomic E-state index is -3.59. The van der Waals surface area contributed by atoms with Crippen molar-refractivity contribution < 1.29 is 18.3 Å². The van der Waals surface area contributed by atoms with E-state index in [1.807, 2.05) is 0 Å². The molecule has 20 heavy (non-hydrogen) atoms. The van der Waals surface area contributed by atoms with Gasteiger partial charge in [0, 0.05) is 11.0 Å². The molecular weight excluding hydrogens is 346 g/mol. The second-order valence-corrected chi connectivity index (χ2v) is 7.63. The molecule has 5 nitrogen and oxygen atoms in total. The van der Waals surface area contributed by atoms with Gasteiger partial charge in [0.1, 0.15) is 0 Å². The molecule has 0 spiro atoms. The van der Waals surface area contributed by atoms with Crippen LogP contribution in [-0.2, 0) is 14.8 Å². The number of rotatable bonds is 5. The molecule has 0 aliphatic heterocycles. The average Bonchev–Trinajstić information content (AvgIpc) is 2.85. The molecule has 0 radical (unpaired) electrons. The van der Waals surface area contributed by atoms with E-state index in [0.29, 0.717) is 10.9 Å². The Hall–Kier alpha value is -0.920. The van der Waals surface area contributed by atoms with E-state index in [0.717, 1.165) is 12.8 Å². The van der Waals surface area contributed by atoms with Crippen molar-refractivity contribution in [1.29, 1.82) is 0 Å². The number of benzene rings is 1. The van der Waals surface area contributed by atoms with Crippen molar-refractivity contribution in [3.8, 4) is 0 Å². The Bertz CT molecular complexity index is 602. The summed E-state index contributed by atoms with van der Waals surface area (Å²) in [5.74, 6) is -1.41. The van der Waals surface area contributed by atoms with E-state index >= 15 is 0 Å². The summed E-state index contributed by atoms with van der Waals surface area (Å²) in [6.07, 6.45) is 2.21. The molecule has 0 heterocycles. The molecule has 0 saturated heterocycles. The van der Waals surface area contributed by atoms with E-state index in [2.05, 4.69) is 20.7 Å². The van der Waals surface area contributed by atoms with Gasteiger partial charge >= 0.3 is 5.97 Å². The highest BCUT2D eigenvalue weighted by Gasteiger charge is 2.33. The van der Waals surface area contributed by atoms with Crippen LogP contribution >= 0.6 is 15.9 Å². The van der Waals surface area contributed by atoms with Gasteiger partial charge in [-0.25, -0.2) is 13.1 Å². The molecule has 2 unspecified atom stereocenters. The summed E-state index contributed by atoms with van der Waals surface area (Å²) >= 11 is 3.23. The first kappa shape index (κ1) is 15.5. The average molecular weight is 362 g/mol. The number of sulfonamides is 1. The van der Waals surface area contributed by atoms with E-state index in [-0.39, 0.29) is 17.4 Å². The lowest BCUT2D eigenvalue weighted by Crippen LogP contribution is -2.33. The summed E-state index contributed by atoms with van der Waals surface area (Å²) in [7, 11) is -3.59. The summed E-state index contributed by atoms with van der Waals surface area (Å²) in [5.41, 5.74) is 0. The number of carboxylic acids is 1. The maximum Gasteiger partial charge on any atom is 0.306 e. The Kier molecular flexibility index (Phi) is 4.82. The van der Waals surface area contributed by atoms with Crippen LogP contribution in [0.25, 0.3) is 0 Å². The zero-order valence-electron chi connectivity index (χ0n) is 10.8. The first-order valence-electron chi connectivity index (χ1n) is 6.38. The lowest BCUT2D eigenvalue weighted by Gasteiger charge is -2.16. The molecular formula is C13H16BrNO4S. The standard InChI is InChI=1S/C13H16BrNO4S/c14-10-4-2-5-11(7-10)20(18,19)15-8-9-3-1-6-12(9)13(16)17/h2,4-5,7,9,12,15H,1,3,6,8H2,(H,16,17). The van der Waals surface area contributed by atoms with Crippen molar-refractivity contribution in [3.63, 3.8) is 0 Å². The molecule has 1 aromatic rings. The van der Waals surface area contributed by atoms with Crippen molar-refractivity contribution >= 4 is 31.9 Å². The van der Waals surface area contributed by atoms with Gasteiger partial charge in [0.15, 0.2) is 0 Å².